The summed E-state index contributed by atoms with van der Waals surface area (Å²) < 4.78 is 0. The number of hydrogen-bond donors (Lipinski definition) is 4. The Morgan fingerprint density at radius 1 is 0.750 bits per heavy atom. The molecule has 0 spiro atoms. The lowest BCUT2D eigenvalue weighted by Gasteiger charge is -2.21. The van der Waals surface area contributed by atoms with Crippen LogP contribution in [0.15, 0.2) is 24.3 Å². The summed E-state index contributed by atoms with van der Waals surface area (Å²) in [6, 6.07) is 6.15. The minimum Gasteiger partial charge on any atom is -0.505 e. The molecular weight excluding hydrogens is 260 g/mol. The fourth-order valence-corrected chi connectivity index (χ4v) is 2.35. The summed E-state index contributed by atoms with van der Waals surface area (Å²) in [4.78, 5) is 24.7. The van der Waals surface area contributed by atoms with Crippen molar-refractivity contribution in [3.05, 3.63) is 46.5 Å². The van der Waals surface area contributed by atoms with Crippen molar-refractivity contribution < 1.29 is 19.8 Å². The number of carbonyl (C=O) groups excluding carboxylic acids is 2. The second-order valence-electron chi connectivity index (χ2n) is 4.48. The topological polar surface area (TPSA) is 127 Å². The largest absolute Gasteiger partial charge is 0.505 e. The number of ketones is 2. The molecular formula is C14H10N2O4. The van der Waals surface area contributed by atoms with Crippen LogP contribution in [-0.2, 0) is 0 Å². The molecule has 0 aromatic heterocycles. The van der Waals surface area contributed by atoms with E-state index in [2.05, 4.69) is 0 Å². The molecule has 6 heteroatoms. The SMILES string of the molecule is Nc1c(N)c(O)c2c(c1O)C(=O)c1ccccc1C2=O. The molecule has 1 aliphatic rings. The Kier molecular flexibility index (Phi) is 2.25. The number of anilines is 2. The molecule has 1 aliphatic carbocycles. The summed E-state index contributed by atoms with van der Waals surface area (Å²) in [5, 5.41) is 19.9. The van der Waals surface area contributed by atoms with Gasteiger partial charge in [0.2, 0.25) is 0 Å². The van der Waals surface area contributed by atoms with Crippen LogP contribution in [0.1, 0.15) is 31.8 Å². The van der Waals surface area contributed by atoms with E-state index in [4.69, 9.17) is 11.5 Å². The van der Waals surface area contributed by atoms with Gasteiger partial charge in [-0.25, -0.2) is 0 Å². The first kappa shape index (κ1) is 12.0. The molecule has 6 N–H and O–H groups in total. The Bertz CT molecular complexity index is 730. The third-order valence-electron chi connectivity index (χ3n) is 3.39. The van der Waals surface area contributed by atoms with Gasteiger partial charge in [0.15, 0.2) is 23.1 Å². The van der Waals surface area contributed by atoms with E-state index in [9.17, 15) is 19.8 Å². The first-order valence-electron chi connectivity index (χ1n) is 5.76. The van der Waals surface area contributed by atoms with Crippen LogP contribution in [0.4, 0.5) is 11.4 Å². The summed E-state index contributed by atoms with van der Waals surface area (Å²) in [7, 11) is 0. The molecule has 0 bridgehead atoms. The van der Waals surface area contributed by atoms with Crippen LogP contribution >= 0.6 is 0 Å². The number of rotatable bonds is 0. The van der Waals surface area contributed by atoms with Crippen LogP contribution in [0.25, 0.3) is 0 Å². The zero-order valence-electron chi connectivity index (χ0n) is 10.2. The van der Waals surface area contributed by atoms with E-state index in [-0.39, 0.29) is 33.6 Å². The predicted molar refractivity (Wildman–Crippen MR) is 71.9 cm³/mol. The van der Waals surface area contributed by atoms with Gasteiger partial charge in [0, 0.05) is 11.1 Å². The average Bonchev–Trinajstić information content (AvgIpc) is 2.46. The molecule has 0 aliphatic heterocycles. The summed E-state index contributed by atoms with van der Waals surface area (Å²) in [5.74, 6) is -2.31. The number of carbonyl (C=O) groups is 2. The van der Waals surface area contributed by atoms with Crippen LogP contribution in [0, 0.1) is 0 Å². The van der Waals surface area contributed by atoms with Gasteiger partial charge in [-0.1, -0.05) is 24.3 Å². The van der Waals surface area contributed by atoms with Crippen molar-refractivity contribution in [1.82, 2.24) is 0 Å². The van der Waals surface area contributed by atoms with Crippen LogP contribution in [0.2, 0.25) is 0 Å². The number of aromatic hydroxyl groups is 2. The highest BCUT2D eigenvalue weighted by Crippen LogP contribution is 2.45. The van der Waals surface area contributed by atoms with Gasteiger partial charge in [-0.2, -0.15) is 0 Å². The van der Waals surface area contributed by atoms with Gasteiger partial charge >= 0.3 is 0 Å². The van der Waals surface area contributed by atoms with Crippen molar-refractivity contribution in [1.29, 1.82) is 0 Å². The van der Waals surface area contributed by atoms with Gasteiger partial charge in [-0.15, -0.1) is 0 Å². The maximum atomic E-state index is 12.4. The van der Waals surface area contributed by atoms with Gasteiger partial charge in [0.25, 0.3) is 0 Å². The third-order valence-corrected chi connectivity index (χ3v) is 3.39. The summed E-state index contributed by atoms with van der Waals surface area (Å²) >= 11 is 0. The molecule has 0 saturated heterocycles. The minimum atomic E-state index is -0.580. The van der Waals surface area contributed by atoms with Gasteiger partial charge in [0.05, 0.1) is 11.1 Å². The fourth-order valence-electron chi connectivity index (χ4n) is 2.35. The molecule has 2 aromatic carbocycles. The Morgan fingerprint density at radius 2 is 1.10 bits per heavy atom. The molecule has 0 amide bonds. The second kappa shape index (κ2) is 3.74. The maximum absolute atomic E-state index is 12.4. The lowest BCUT2D eigenvalue weighted by Crippen LogP contribution is -2.22. The van der Waals surface area contributed by atoms with Gasteiger partial charge in [0.1, 0.15) is 11.4 Å². The van der Waals surface area contributed by atoms with Crippen molar-refractivity contribution in [3.8, 4) is 11.5 Å². The number of nitrogen functional groups attached to an aromatic ring is 2. The standard InChI is InChI=1S/C14H10N2O4/c15-9-10(16)14(20)8-7(13(9)19)11(17)5-3-1-2-4-6(5)12(8)18/h1-4,19-20H,15-16H2. The van der Waals surface area contributed by atoms with Crippen molar-refractivity contribution in [2.75, 3.05) is 11.5 Å². The van der Waals surface area contributed by atoms with Crippen LogP contribution in [0.3, 0.4) is 0 Å². The highest BCUT2D eigenvalue weighted by molar-refractivity contribution is 6.31. The summed E-state index contributed by atoms with van der Waals surface area (Å²) in [6.07, 6.45) is 0. The molecule has 0 radical (unpaired) electrons. The molecule has 2 aromatic rings. The van der Waals surface area contributed by atoms with Crippen molar-refractivity contribution in [2.45, 2.75) is 0 Å². The quantitative estimate of drug-likeness (QED) is 0.274. The Labute approximate surface area is 113 Å². The van der Waals surface area contributed by atoms with E-state index in [1.807, 2.05) is 0 Å². The first-order chi connectivity index (χ1) is 9.45. The predicted octanol–water partition coefficient (Wildman–Crippen LogP) is 1.04. The average molecular weight is 270 g/mol. The number of phenols is 2. The van der Waals surface area contributed by atoms with E-state index < -0.39 is 23.1 Å². The van der Waals surface area contributed by atoms with E-state index in [0.29, 0.717) is 0 Å². The highest BCUT2D eigenvalue weighted by atomic mass is 16.3. The number of phenolic OH excluding ortho intramolecular Hbond substituents is 2. The Morgan fingerprint density at radius 3 is 1.45 bits per heavy atom. The van der Waals surface area contributed by atoms with Crippen LogP contribution in [-0.4, -0.2) is 21.8 Å². The number of benzene rings is 2. The molecule has 0 saturated carbocycles. The van der Waals surface area contributed by atoms with E-state index in [1.165, 1.54) is 12.1 Å². The molecule has 0 fully saturated rings. The smallest absolute Gasteiger partial charge is 0.198 e. The molecule has 20 heavy (non-hydrogen) atoms. The van der Waals surface area contributed by atoms with Crippen LogP contribution in [0.5, 0.6) is 11.5 Å². The Hall–Kier alpha value is -3.02. The second-order valence-corrected chi connectivity index (χ2v) is 4.48. The molecule has 0 atom stereocenters. The van der Waals surface area contributed by atoms with E-state index in [0.717, 1.165) is 0 Å². The normalized spacial score (nSPS) is 13.0. The highest BCUT2D eigenvalue weighted by Gasteiger charge is 2.36. The Balaban J connectivity index is 2.46. The van der Waals surface area contributed by atoms with Gasteiger partial charge in [-0.3, -0.25) is 9.59 Å². The summed E-state index contributed by atoms with van der Waals surface area (Å²) in [5.41, 5.74) is 10.1. The van der Waals surface area contributed by atoms with Crippen molar-refractivity contribution in [3.63, 3.8) is 0 Å². The monoisotopic (exact) mass is 270 g/mol. The fraction of sp³-hybridized carbons (Fsp3) is 0. The molecule has 6 nitrogen and oxygen atoms in total. The third kappa shape index (κ3) is 1.27. The number of hydrogen-bond acceptors (Lipinski definition) is 6. The van der Waals surface area contributed by atoms with E-state index in [1.54, 1.807) is 12.1 Å². The van der Waals surface area contributed by atoms with Crippen LogP contribution < -0.4 is 11.5 Å². The zero-order valence-corrected chi connectivity index (χ0v) is 10.2. The molecule has 100 valence electrons. The van der Waals surface area contributed by atoms with Crippen molar-refractivity contribution >= 4 is 22.9 Å². The van der Waals surface area contributed by atoms with E-state index >= 15 is 0 Å². The first-order valence-corrected chi connectivity index (χ1v) is 5.76. The van der Waals surface area contributed by atoms with Gasteiger partial charge in [-0.05, 0) is 0 Å². The molecule has 0 heterocycles. The number of nitrogens with two attached hydrogens (primary N) is 2. The summed E-state index contributed by atoms with van der Waals surface area (Å²) in [6.45, 7) is 0. The molecule has 0 unspecified atom stereocenters. The lowest BCUT2D eigenvalue weighted by molar-refractivity contribution is 0.0974. The maximum Gasteiger partial charge on any atom is 0.198 e. The number of fused-ring (bicyclic) bond motifs is 2. The lowest BCUT2D eigenvalue weighted by atomic mass is 9.82. The zero-order chi connectivity index (χ0) is 14.6. The minimum absolute atomic E-state index is 0.156. The van der Waals surface area contributed by atoms with Crippen molar-refractivity contribution in [2.24, 2.45) is 0 Å². The van der Waals surface area contributed by atoms with Gasteiger partial charge < -0.3 is 21.7 Å². The molecule has 3 rings (SSSR count).